The molecule has 1 aliphatic rings. The Balaban J connectivity index is 0.00000218. The van der Waals surface area contributed by atoms with Crippen LogP contribution in [0.25, 0.3) is 10.9 Å². The molecule has 0 unspecified atom stereocenters. The van der Waals surface area contributed by atoms with Crippen molar-refractivity contribution in [1.29, 1.82) is 0 Å². The van der Waals surface area contributed by atoms with Crippen LogP contribution in [-0.4, -0.2) is 22.4 Å². The zero-order valence-electron chi connectivity index (χ0n) is 17.3. The number of hydrogen-bond acceptors (Lipinski definition) is 3. The molecule has 0 amide bonds. The van der Waals surface area contributed by atoms with E-state index < -0.39 is 0 Å². The zero-order valence-corrected chi connectivity index (χ0v) is 19.0. The van der Waals surface area contributed by atoms with Crippen molar-refractivity contribution in [2.24, 2.45) is 0 Å². The van der Waals surface area contributed by atoms with Gasteiger partial charge in [-0.25, -0.2) is 4.98 Å². The van der Waals surface area contributed by atoms with Gasteiger partial charge < -0.3 is 9.47 Å². The Morgan fingerprint density at radius 2 is 1.70 bits per heavy atom. The number of hydrogen-bond donors (Lipinski definition) is 0. The highest BCUT2D eigenvalue weighted by Crippen LogP contribution is 2.38. The summed E-state index contributed by atoms with van der Waals surface area (Å²) in [5.41, 5.74) is 6.79. The Morgan fingerprint density at radius 3 is 2.47 bits per heavy atom. The Hall–Kier alpha value is -2.43. The summed E-state index contributed by atoms with van der Waals surface area (Å²) >= 11 is 1.83. The molecule has 2 aromatic heterocycles. The summed E-state index contributed by atoms with van der Waals surface area (Å²) in [6.45, 7) is 5.04. The summed E-state index contributed by atoms with van der Waals surface area (Å²) in [5, 5.41) is 1.31. The van der Waals surface area contributed by atoms with E-state index in [1.807, 2.05) is 18.0 Å². The second-order valence-electron chi connectivity index (χ2n) is 7.66. The molecule has 1 aliphatic heterocycles. The number of thioether (sulfide) groups is 1. The Bertz CT molecular complexity index is 1170. The summed E-state index contributed by atoms with van der Waals surface area (Å²) in [6.07, 6.45) is 5.22. The minimum absolute atomic E-state index is 0. The van der Waals surface area contributed by atoms with Crippen molar-refractivity contribution in [3.8, 4) is 0 Å². The third kappa shape index (κ3) is 3.59. The number of aromatic nitrogens is 2. The van der Waals surface area contributed by atoms with Crippen molar-refractivity contribution in [2.45, 2.75) is 31.3 Å². The van der Waals surface area contributed by atoms with Crippen LogP contribution in [0.5, 0.6) is 0 Å². The zero-order chi connectivity index (χ0) is 19.8. The third-order valence-electron chi connectivity index (χ3n) is 5.97. The largest absolute Gasteiger partial charge is 0.350 e. The number of halogens is 1. The predicted octanol–water partition coefficient (Wildman–Crippen LogP) is 6.10. The molecular formula is C25H26ClN3S. The molecule has 3 nitrogen and oxygen atoms in total. The molecule has 2 aromatic carbocycles. The lowest BCUT2D eigenvalue weighted by Gasteiger charge is -2.30. The van der Waals surface area contributed by atoms with Gasteiger partial charge in [0, 0.05) is 41.8 Å². The molecule has 0 bridgehead atoms. The van der Waals surface area contributed by atoms with E-state index in [0.29, 0.717) is 0 Å². The molecule has 0 aliphatic carbocycles. The van der Waals surface area contributed by atoms with Crippen molar-refractivity contribution < 1.29 is 0 Å². The second-order valence-corrected chi connectivity index (χ2v) is 8.48. The fourth-order valence-electron chi connectivity index (χ4n) is 4.51. The lowest BCUT2D eigenvalue weighted by atomic mass is 10.00. The van der Waals surface area contributed by atoms with Gasteiger partial charge in [-0.2, -0.15) is 0 Å². The van der Waals surface area contributed by atoms with Gasteiger partial charge in [0.25, 0.3) is 0 Å². The number of rotatable bonds is 4. The van der Waals surface area contributed by atoms with E-state index in [4.69, 9.17) is 4.98 Å². The molecule has 0 saturated carbocycles. The number of benzene rings is 2. The highest BCUT2D eigenvalue weighted by Gasteiger charge is 2.23. The summed E-state index contributed by atoms with van der Waals surface area (Å²) < 4.78 is 2.46. The molecule has 5 heteroatoms. The van der Waals surface area contributed by atoms with E-state index >= 15 is 0 Å². The molecule has 5 rings (SSSR count). The molecule has 0 saturated heterocycles. The molecule has 0 radical (unpaired) electrons. The van der Waals surface area contributed by atoms with Gasteiger partial charge in [-0.3, -0.25) is 0 Å². The summed E-state index contributed by atoms with van der Waals surface area (Å²) in [7, 11) is 0. The average molecular weight is 436 g/mol. The summed E-state index contributed by atoms with van der Waals surface area (Å²) in [4.78, 5) is 8.70. The third-order valence-corrected chi connectivity index (χ3v) is 6.89. The van der Waals surface area contributed by atoms with Crippen LogP contribution in [0.15, 0.2) is 71.8 Å². The number of fused-ring (bicyclic) bond motifs is 2. The van der Waals surface area contributed by atoms with Crippen molar-refractivity contribution in [1.82, 2.24) is 9.55 Å². The van der Waals surface area contributed by atoms with Crippen molar-refractivity contribution in [3.63, 3.8) is 0 Å². The monoisotopic (exact) mass is 435 g/mol. The molecule has 3 heterocycles. The number of nitrogens with zero attached hydrogens (tertiary/aromatic N) is 3. The van der Waals surface area contributed by atoms with E-state index in [2.05, 4.69) is 83.3 Å². The Kier molecular flexibility index (Phi) is 6.07. The number of pyridine rings is 1. The molecule has 0 N–H and O–H groups in total. The predicted molar refractivity (Wildman–Crippen MR) is 130 cm³/mol. The smallest absolute Gasteiger partial charge is 0.153 e. The van der Waals surface area contributed by atoms with Crippen LogP contribution in [0, 0.1) is 6.92 Å². The lowest BCUT2D eigenvalue weighted by Crippen LogP contribution is -2.31. The van der Waals surface area contributed by atoms with E-state index in [-0.39, 0.29) is 12.4 Å². The quantitative estimate of drug-likeness (QED) is 0.361. The average Bonchev–Trinajstić information content (AvgIpc) is 3.05. The van der Waals surface area contributed by atoms with Gasteiger partial charge in [-0.15, -0.1) is 24.2 Å². The van der Waals surface area contributed by atoms with Crippen LogP contribution >= 0.6 is 24.2 Å². The van der Waals surface area contributed by atoms with Gasteiger partial charge in [0.1, 0.15) is 0 Å². The SMILES string of the molecule is CSc1c(C)n(Cc2ccccc2)c2c(N3CCc4ccccc4C3)nccc12.Cl. The van der Waals surface area contributed by atoms with Crippen molar-refractivity contribution >= 4 is 40.9 Å². The topological polar surface area (TPSA) is 21.1 Å². The van der Waals surface area contributed by atoms with E-state index in [0.717, 1.165) is 31.9 Å². The molecule has 0 spiro atoms. The van der Waals surface area contributed by atoms with E-state index in [1.165, 1.54) is 38.2 Å². The van der Waals surface area contributed by atoms with Crippen LogP contribution in [-0.2, 0) is 19.5 Å². The lowest BCUT2D eigenvalue weighted by molar-refractivity contribution is 0.717. The van der Waals surface area contributed by atoms with E-state index in [9.17, 15) is 0 Å². The Morgan fingerprint density at radius 1 is 0.967 bits per heavy atom. The Labute approximate surface area is 188 Å². The molecule has 30 heavy (non-hydrogen) atoms. The van der Waals surface area contributed by atoms with Crippen LogP contribution in [0.2, 0.25) is 0 Å². The fourth-order valence-corrected chi connectivity index (χ4v) is 5.30. The van der Waals surface area contributed by atoms with Gasteiger partial charge in [-0.05, 0) is 42.4 Å². The molecule has 4 aromatic rings. The minimum Gasteiger partial charge on any atom is -0.350 e. The van der Waals surface area contributed by atoms with Crippen LogP contribution in [0.4, 0.5) is 5.82 Å². The van der Waals surface area contributed by atoms with Crippen molar-refractivity contribution in [2.75, 3.05) is 17.7 Å². The highest BCUT2D eigenvalue weighted by molar-refractivity contribution is 7.98. The van der Waals surface area contributed by atoms with Gasteiger partial charge in [0.2, 0.25) is 0 Å². The fraction of sp³-hybridized carbons (Fsp3) is 0.240. The summed E-state index contributed by atoms with van der Waals surface area (Å²) in [6, 6.07) is 21.7. The van der Waals surface area contributed by atoms with Gasteiger partial charge in [0.05, 0.1) is 5.52 Å². The normalized spacial score (nSPS) is 13.2. The minimum atomic E-state index is 0. The molecule has 0 atom stereocenters. The second kappa shape index (κ2) is 8.75. The molecule has 154 valence electrons. The van der Waals surface area contributed by atoms with Crippen LogP contribution in [0.1, 0.15) is 22.4 Å². The van der Waals surface area contributed by atoms with Crippen LogP contribution < -0.4 is 4.90 Å². The van der Waals surface area contributed by atoms with Gasteiger partial charge in [0.15, 0.2) is 5.82 Å². The first-order valence-corrected chi connectivity index (χ1v) is 11.4. The maximum Gasteiger partial charge on any atom is 0.153 e. The maximum atomic E-state index is 4.89. The molecular weight excluding hydrogens is 410 g/mol. The highest BCUT2D eigenvalue weighted by atomic mass is 35.5. The summed E-state index contributed by atoms with van der Waals surface area (Å²) in [5.74, 6) is 1.11. The van der Waals surface area contributed by atoms with Crippen LogP contribution in [0.3, 0.4) is 0 Å². The first-order chi connectivity index (χ1) is 14.3. The molecule has 0 fully saturated rings. The van der Waals surface area contributed by atoms with Gasteiger partial charge >= 0.3 is 0 Å². The van der Waals surface area contributed by atoms with Crippen molar-refractivity contribution in [3.05, 3.63) is 89.2 Å². The maximum absolute atomic E-state index is 4.89. The number of anilines is 1. The standard InChI is InChI=1S/C25H25N3S.ClH/c1-18-24(29-2)22-12-14-26-25(23(22)28(18)16-19-8-4-3-5-9-19)27-15-13-20-10-6-7-11-21(20)17-27;/h3-12,14H,13,15-17H2,1-2H3;1H. The first-order valence-electron chi connectivity index (χ1n) is 10.1. The first kappa shape index (κ1) is 20.8. The van der Waals surface area contributed by atoms with Gasteiger partial charge in [-0.1, -0.05) is 54.6 Å². The van der Waals surface area contributed by atoms with E-state index in [1.54, 1.807) is 0 Å².